The van der Waals surface area contributed by atoms with Gasteiger partial charge in [0.05, 0.1) is 14.2 Å². The third-order valence-electron chi connectivity index (χ3n) is 3.19. The zero-order valence-electron chi connectivity index (χ0n) is 12.7. The lowest BCUT2D eigenvalue weighted by Gasteiger charge is -2.13. The van der Waals surface area contributed by atoms with Gasteiger partial charge >= 0.3 is 0 Å². The van der Waals surface area contributed by atoms with Gasteiger partial charge < -0.3 is 19.5 Å². The van der Waals surface area contributed by atoms with Crippen molar-refractivity contribution in [3.05, 3.63) is 53.6 Å². The summed E-state index contributed by atoms with van der Waals surface area (Å²) in [7, 11) is 5.23. The van der Waals surface area contributed by atoms with Gasteiger partial charge in [-0.25, -0.2) is 0 Å². The van der Waals surface area contributed by atoms with E-state index < -0.39 is 0 Å². The molecule has 0 aliphatic carbocycles. The van der Waals surface area contributed by atoms with Crippen molar-refractivity contribution in [2.24, 2.45) is 0 Å². The molecule has 0 unspecified atom stereocenters. The molecular formula is C17H21NO3. The molecule has 2 rings (SSSR count). The average molecular weight is 287 g/mol. The predicted molar refractivity (Wildman–Crippen MR) is 83.1 cm³/mol. The quantitative estimate of drug-likeness (QED) is 0.850. The fraction of sp³-hybridized carbons (Fsp3) is 0.294. The van der Waals surface area contributed by atoms with Crippen LogP contribution in [0.25, 0.3) is 0 Å². The Balaban J connectivity index is 2.09. The SMILES string of the molecule is CNCc1ccc(OC)cc1OCc1ccc(OC)cc1. The minimum Gasteiger partial charge on any atom is -0.497 e. The summed E-state index contributed by atoms with van der Waals surface area (Å²) in [6.07, 6.45) is 0. The summed E-state index contributed by atoms with van der Waals surface area (Å²) in [6, 6.07) is 13.7. The molecule has 0 saturated heterocycles. The highest BCUT2D eigenvalue weighted by atomic mass is 16.5. The van der Waals surface area contributed by atoms with Crippen LogP contribution in [-0.4, -0.2) is 21.3 Å². The Kier molecular flexibility index (Phi) is 5.46. The molecule has 4 nitrogen and oxygen atoms in total. The molecule has 2 aromatic carbocycles. The number of ether oxygens (including phenoxy) is 3. The van der Waals surface area contributed by atoms with E-state index in [1.165, 1.54) is 0 Å². The van der Waals surface area contributed by atoms with Crippen molar-refractivity contribution in [2.45, 2.75) is 13.2 Å². The van der Waals surface area contributed by atoms with E-state index in [1.807, 2.05) is 49.5 Å². The topological polar surface area (TPSA) is 39.7 Å². The second-order valence-corrected chi connectivity index (χ2v) is 4.64. The first-order chi connectivity index (χ1) is 10.3. The van der Waals surface area contributed by atoms with Crippen LogP contribution in [0.3, 0.4) is 0 Å². The minimum absolute atomic E-state index is 0.508. The molecule has 0 aliphatic rings. The normalized spacial score (nSPS) is 10.2. The molecule has 0 amide bonds. The first-order valence-electron chi connectivity index (χ1n) is 6.84. The van der Waals surface area contributed by atoms with E-state index in [1.54, 1.807) is 14.2 Å². The number of benzene rings is 2. The second-order valence-electron chi connectivity index (χ2n) is 4.64. The average Bonchev–Trinajstić information content (AvgIpc) is 2.54. The van der Waals surface area contributed by atoms with Crippen LogP contribution in [-0.2, 0) is 13.2 Å². The predicted octanol–water partition coefficient (Wildman–Crippen LogP) is 3.00. The van der Waals surface area contributed by atoms with Gasteiger partial charge in [0.2, 0.25) is 0 Å². The summed E-state index contributed by atoms with van der Waals surface area (Å²) in [5.41, 5.74) is 2.20. The van der Waals surface area contributed by atoms with Crippen LogP contribution >= 0.6 is 0 Å². The number of hydrogen-bond acceptors (Lipinski definition) is 4. The molecule has 0 fully saturated rings. The Morgan fingerprint density at radius 2 is 1.57 bits per heavy atom. The van der Waals surface area contributed by atoms with Crippen LogP contribution in [0, 0.1) is 0 Å². The Labute approximate surface area is 125 Å². The van der Waals surface area contributed by atoms with Crippen LogP contribution in [0.5, 0.6) is 17.2 Å². The molecule has 0 radical (unpaired) electrons. The monoisotopic (exact) mass is 287 g/mol. The molecule has 0 spiro atoms. The number of hydrogen-bond donors (Lipinski definition) is 1. The third kappa shape index (κ3) is 4.13. The third-order valence-corrected chi connectivity index (χ3v) is 3.19. The number of methoxy groups -OCH3 is 2. The highest BCUT2D eigenvalue weighted by Crippen LogP contribution is 2.26. The lowest BCUT2D eigenvalue weighted by atomic mass is 10.2. The first-order valence-corrected chi connectivity index (χ1v) is 6.84. The minimum atomic E-state index is 0.508. The standard InChI is InChI=1S/C17H21NO3/c1-18-11-14-6-9-16(20-3)10-17(14)21-12-13-4-7-15(19-2)8-5-13/h4-10,18H,11-12H2,1-3H3. The molecule has 2 aromatic rings. The molecule has 4 heteroatoms. The van der Waals surface area contributed by atoms with Crippen LogP contribution in [0.2, 0.25) is 0 Å². The van der Waals surface area contributed by atoms with Gasteiger partial charge in [-0.15, -0.1) is 0 Å². The Morgan fingerprint density at radius 1 is 0.905 bits per heavy atom. The molecule has 21 heavy (non-hydrogen) atoms. The van der Waals surface area contributed by atoms with Crippen molar-refractivity contribution < 1.29 is 14.2 Å². The summed E-state index contributed by atoms with van der Waals surface area (Å²) in [5.74, 6) is 2.47. The summed E-state index contributed by atoms with van der Waals surface area (Å²) in [5, 5.41) is 3.14. The van der Waals surface area contributed by atoms with E-state index in [0.29, 0.717) is 6.61 Å². The highest BCUT2D eigenvalue weighted by molar-refractivity contribution is 5.41. The fourth-order valence-electron chi connectivity index (χ4n) is 2.02. The molecule has 0 aromatic heterocycles. The zero-order valence-corrected chi connectivity index (χ0v) is 12.7. The van der Waals surface area contributed by atoms with Gasteiger partial charge in [-0.1, -0.05) is 18.2 Å². The maximum absolute atomic E-state index is 5.93. The lowest BCUT2D eigenvalue weighted by Crippen LogP contribution is -2.07. The summed E-state index contributed by atoms with van der Waals surface area (Å²) >= 11 is 0. The number of rotatable bonds is 7. The lowest BCUT2D eigenvalue weighted by molar-refractivity contribution is 0.299. The van der Waals surface area contributed by atoms with Gasteiger partial charge in [0, 0.05) is 18.2 Å². The molecule has 0 aliphatic heterocycles. The van der Waals surface area contributed by atoms with E-state index in [2.05, 4.69) is 5.32 Å². The second kappa shape index (κ2) is 7.55. The molecule has 1 N–H and O–H groups in total. The van der Waals surface area contributed by atoms with Crippen molar-refractivity contribution in [3.8, 4) is 17.2 Å². The van der Waals surface area contributed by atoms with Crippen LogP contribution < -0.4 is 19.5 Å². The summed E-state index contributed by atoms with van der Waals surface area (Å²) in [4.78, 5) is 0. The van der Waals surface area contributed by atoms with Crippen LogP contribution in [0.4, 0.5) is 0 Å². The van der Waals surface area contributed by atoms with Crippen molar-refractivity contribution in [1.29, 1.82) is 0 Å². The van der Waals surface area contributed by atoms with Gasteiger partial charge in [0.25, 0.3) is 0 Å². The van der Waals surface area contributed by atoms with Gasteiger partial charge in [-0.2, -0.15) is 0 Å². The Bertz CT molecular complexity index is 567. The maximum atomic E-state index is 5.93. The van der Waals surface area contributed by atoms with Crippen LogP contribution in [0.15, 0.2) is 42.5 Å². The van der Waals surface area contributed by atoms with Crippen molar-refractivity contribution >= 4 is 0 Å². The van der Waals surface area contributed by atoms with Gasteiger partial charge in [0.15, 0.2) is 0 Å². The zero-order chi connectivity index (χ0) is 15.1. The molecule has 0 bridgehead atoms. The summed E-state index contributed by atoms with van der Waals surface area (Å²) in [6.45, 7) is 1.26. The van der Waals surface area contributed by atoms with Gasteiger partial charge in [-0.3, -0.25) is 0 Å². The van der Waals surface area contributed by atoms with E-state index in [4.69, 9.17) is 14.2 Å². The van der Waals surface area contributed by atoms with E-state index >= 15 is 0 Å². The largest absolute Gasteiger partial charge is 0.497 e. The molecule has 0 atom stereocenters. The molecular weight excluding hydrogens is 266 g/mol. The highest BCUT2D eigenvalue weighted by Gasteiger charge is 2.06. The Hall–Kier alpha value is -2.20. The van der Waals surface area contributed by atoms with Gasteiger partial charge in [-0.05, 0) is 30.8 Å². The molecule has 0 heterocycles. The van der Waals surface area contributed by atoms with Crippen molar-refractivity contribution in [2.75, 3.05) is 21.3 Å². The smallest absolute Gasteiger partial charge is 0.127 e. The van der Waals surface area contributed by atoms with Crippen LogP contribution in [0.1, 0.15) is 11.1 Å². The van der Waals surface area contributed by atoms with Gasteiger partial charge in [0.1, 0.15) is 23.9 Å². The maximum Gasteiger partial charge on any atom is 0.127 e. The molecule has 112 valence electrons. The fourth-order valence-corrected chi connectivity index (χ4v) is 2.02. The van der Waals surface area contributed by atoms with E-state index in [0.717, 1.165) is 34.9 Å². The molecule has 0 saturated carbocycles. The van der Waals surface area contributed by atoms with Crippen molar-refractivity contribution in [3.63, 3.8) is 0 Å². The van der Waals surface area contributed by atoms with E-state index in [9.17, 15) is 0 Å². The number of nitrogens with one attached hydrogen (secondary N) is 1. The van der Waals surface area contributed by atoms with Crippen molar-refractivity contribution in [1.82, 2.24) is 5.32 Å². The summed E-state index contributed by atoms with van der Waals surface area (Å²) < 4.78 is 16.3. The first kappa shape index (κ1) is 15.2. The van der Waals surface area contributed by atoms with E-state index in [-0.39, 0.29) is 0 Å². The Morgan fingerprint density at radius 3 is 2.19 bits per heavy atom.